The average molecular weight is 441 g/mol. The Morgan fingerprint density at radius 3 is 2.03 bits per heavy atom. The number of carbonyl (C=O) groups is 2. The van der Waals surface area contributed by atoms with Gasteiger partial charge in [0.1, 0.15) is 0 Å². The van der Waals surface area contributed by atoms with Crippen molar-refractivity contribution in [1.82, 2.24) is 20.6 Å². The van der Waals surface area contributed by atoms with Gasteiger partial charge in [-0.05, 0) is 29.7 Å². The third-order valence-corrected chi connectivity index (χ3v) is 5.31. The van der Waals surface area contributed by atoms with Gasteiger partial charge in [0.15, 0.2) is 5.82 Å². The van der Waals surface area contributed by atoms with Crippen molar-refractivity contribution >= 4 is 22.7 Å². The molecule has 3 N–H and O–H groups in total. The van der Waals surface area contributed by atoms with E-state index in [0.29, 0.717) is 30.4 Å². The smallest absolute Gasteiger partial charge is 0.287 e. The van der Waals surface area contributed by atoms with Crippen LogP contribution in [-0.2, 0) is 4.79 Å². The molecule has 0 saturated heterocycles. The zero-order valence-electron chi connectivity index (χ0n) is 18.0. The van der Waals surface area contributed by atoms with E-state index in [1.165, 1.54) is 0 Å². The first-order valence-electron chi connectivity index (χ1n) is 10.8. The number of benzene rings is 3. The molecule has 3 aromatic carbocycles. The quantitative estimate of drug-likeness (QED) is 0.367. The van der Waals surface area contributed by atoms with Gasteiger partial charge in [0, 0.05) is 13.1 Å². The molecule has 4 rings (SSSR count). The molecule has 0 aliphatic carbocycles. The fraction of sp³-hybridized carbons (Fsp3) is 0.154. The second kappa shape index (κ2) is 10.4. The zero-order valence-corrected chi connectivity index (χ0v) is 18.0. The Labute approximate surface area is 190 Å². The highest BCUT2D eigenvalue weighted by molar-refractivity contribution is 5.92. The second-order valence-electron chi connectivity index (χ2n) is 7.59. The van der Waals surface area contributed by atoms with Crippen molar-refractivity contribution in [3.8, 4) is 0 Å². The number of rotatable bonds is 8. The van der Waals surface area contributed by atoms with Gasteiger partial charge in [0.25, 0.3) is 11.5 Å². The first-order valence-corrected chi connectivity index (χ1v) is 10.8. The SMILES string of the molecule is O=C(NCCCNC(=O)C(c1ccccc1)c1ccccc1)c1nc(=O)c2ccccc2[nH]1. The molecule has 7 nitrogen and oxygen atoms in total. The van der Waals surface area contributed by atoms with Crippen molar-refractivity contribution in [3.05, 3.63) is 112 Å². The van der Waals surface area contributed by atoms with E-state index >= 15 is 0 Å². The molecule has 4 aromatic rings. The molecule has 0 saturated carbocycles. The number of hydrogen-bond donors (Lipinski definition) is 3. The molecule has 0 spiro atoms. The summed E-state index contributed by atoms with van der Waals surface area (Å²) in [5.41, 5.74) is 1.94. The lowest BCUT2D eigenvalue weighted by molar-refractivity contribution is -0.121. The van der Waals surface area contributed by atoms with E-state index in [0.717, 1.165) is 11.1 Å². The molecule has 166 valence electrons. The fourth-order valence-electron chi connectivity index (χ4n) is 3.68. The number of H-pyrrole nitrogens is 1. The summed E-state index contributed by atoms with van der Waals surface area (Å²) in [4.78, 5) is 44.2. The van der Waals surface area contributed by atoms with Crippen LogP contribution in [0.3, 0.4) is 0 Å². The molecular weight excluding hydrogens is 416 g/mol. The number of aromatic nitrogens is 2. The van der Waals surface area contributed by atoms with Gasteiger partial charge in [0.05, 0.1) is 16.8 Å². The molecular formula is C26H24N4O3. The van der Waals surface area contributed by atoms with Gasteiger partial charge in [-0.25, -0.2) is 0 Å². The molecule has 7 heteroatoms. The van der Waals surface area contributed by atoms with Crippen LogP contribution in [0.5, 0.6) is 0 Å². The predicted octanol–water partition coefficient (Wildman–Crippen LogP) is 2.99. The van der Waals surface area contributed by atoms with Crippen molar-refractivity contribution in [2.75, 3.05) is 13.1 Å². The number of nitrogens with one attached hydrogen (secondary N) is 3. The molecule has 2 amide bonds. The first kappa shape index (κ1) is 22.0. The van der Waals surface area contributed by atoms with Crippen LogP contribution in [0, 0.1) is 0 Å². The number of hydrogen-bond acceptors (Lipinski definition) is 4. The molecule has 0 atom stereocenters. The molecule has 0 aliphatic heterocycles. The molecule has 33 heavy (non-hydrogen) atoms. The predicted molar refractivity (Wildman–Crippen MR) is 127 cm³/mol. The highest BCUT2D eigenvalue weighted by Crippen LogP contribution is 2.24. The highest BCUT2D eigenvalue weighted by Gasteiger charge is 2.22. The number of nitrogens with zero attached hydrogens (tertiary/aromatic N) is 1. The Hall–Kier alpha value is -4.26. The largest absolute Gasteiger partial charge is 0.355 e. The highest BCUT2D eigenvalue weighted by atomic mass is 16.2. The molecule has 0 aliphatic rings. The standard InChI is InChI=1S/C26H24N4O3/c31-24-20-14-7-8-15-21(20)29-23(30-24)26(33)28-17-9-16-27-25(32)22(18-10-3-1-4-11-18)19-12-5-2-6-13-19/h1-8,10-15,22H,9,16-17H2,(H,27,32)(H,28,33)(H,29,30,31). The van der Waals surface area contributed by atoms with Crippen LogP contribution >= 0.6 is 0 Å². The van der Waals surface area contributed by atoms with Gasteiger partial charge >= 0.3 is 0 Å². The molecule has 1 heterocycles. The number of fused-ring (bicyclic) bond motifs is 1. The minimum atomic E-state index is -0.462. The van der Waals surface area contributed by atoms with E-state index in [1.807, 2.05) is 60.7 Å². The third kappa shape index (κ3) is 5.33. The van der Waals surface area contributed by atoms with Crippen LogP contribution in [0.1, 0.15) is 34.1 Å². The monoisotopic (exact) mass is 440 g/mol. The van der Waals surface area contributed by atoms with Gasteiger partial charge < -0.3 is 15.6 Å². The van der Waals surface area contributed by atoms with Gasteiger partial charge in [0.2, 0.25) is 5.91 Å². The number of amides is 2. The van der Waals surface area contributed by atoms with E-state index in [9.17, 15) is 14.4 Å². The van der Waals surface area contributed by atoms with Gasteiger partial charge in [-0.1, -0.05) is 72.8 Å². The van der Waals surface area contributed by atoms with Crippen LogP contribution in [0.2, 0.25) is 0 Å². The average Bonchev–Trinajstić information content (AvgIpc) is 2.85. The maximum atomic E-state index is 13.0. The Morgan fingerprint density at radius 1 is 0.788 bits per heavy atom. The minimum absolute atomic E-state index is 0.0315. The van der Waals surface area contributed by atoms with Crippen molar-refractivity contribution in [3.63, 3.8) is 0 Å². The van der Waals surface area contributed by atoms with Crippen LogP contribution in [0.4, 0.5) is 0 Å². The van der Waals surface area contributed by atoms with Crippen LogP contribution in [0.25, 0.3) is 10.9 Å². The number of aromatic amines is 1. The van der Waals surface area contributed by atoms with E-state index < -0.39 is 17.4 Å². The lowest BCUT2D eigenvalue weighted by Crippen LogP contribution is -2.34. The Kier molecular flexibility index (Phi) is 6.90. The van der Waals surface area contributed by atoms with E-state index in [1.54, 1.807) is 24.3 Å². The molecule has 0 radical (unpaired) electrons. The van der Waals surface area contributed by atoms with Gasteiger partial charge in [-0.15, -0.1) is 0 Å². The van der Waals surface area contributed by atoms with E-state index in [4.69, 9.17) is 0 Å². The first-order chi connectivity index (χ1) is 16.1. The summed E-state index contributed by atoms with van der Waals surface area (Å²) in [6, 6.07) is 26.2. The number of para-hydroxylation sites is 1. The van der Waals surface area contributed by atoms with Gasteiger partial charge in [-0.2, -0.15) is 4.98 Å². The summed E-state index contributed by atoms with van der Waals surface area (Å²) in [5.74, 6) is -1.00. The topological polar surface area (TPSA) is 104 Å². The summed E-state index contributed by atoms with van der Waals surface area (Å²) in [5, 5.41) is 6.13. The summed E-state index contributed by atoms with van der Waals surface area (Å²) in [6.07, 6.45) is 0.533. The van der Waals surface area contributed by atoms with Crippen molar-refractivity contribution in [2.45, 2.75) is 12.3 Å². The van der Waals surface area contributed by atoms with E-state index in [2.05, 4.69) is 20.6 Å². The lowest BCUT2D eigenvalue weighted by Gasteiger charge is -2.18. The maximum Gasteiger partial charge on any atom is 0.287 e. The Balaban J connectivity index is 1.32. The summed E-state index contributed by atoms with van der Waals surface area (Å²) < 4.78 is 0. The Bertz CT molecular complexity index is 1260. The normalized spacial score (nSPS) is 10.8. The fourth-order valence-corrected chi connectivity index (χ4v) is 3.68. The molecule has 0 fully saturated rings. The van der Waals surface area contributed by atoms with Crippen molar-refractivity contribution in [1.29, 1.82) is 0 Å². The summed E-state index contributed by atoms with van der Waals surface area (Å²) in [6.45, 7) is 0.730. The lowest BCUT2D eigenvalue weighted by atomic mass is 9.90. The second-order valence-corrected chi connectivity index (χ2v) is 7.59. The van der Waals surface area contributed by atoms with E-state index in [-0.39, 0.29) is 11.7 Å². The summed E-state index contributed by atoms with van der Waals surface area (Å²) >= 11 is 0. The van der Waals surface area contributed by atoms with Crippen LogP contribution in [0.15, 0.2) is 89.7 Å². The molecule has 1 aromatic heterocycles. The van der Waals surface area contributed by atoms with Crippen molar-refractivity contribution in [2.24, 2.45) is 0 Å². The third-order valence-electron chi connectivity index (χ3n) is 5.31. The van der Waals surface area contributed by atoms with Gasteiger partial charge in [-0.3, -0.25) is 14.4 Å². The minimum Gasteiger partial charge on any atom is -0.355 e. The zero-order chi connectivity index (χ0) is 23.0. The summed E-state index contributed by atoms with van der Waals surface area (Å²) in [7, 11) is 0. The Morgan fingerprint density at radius 2 is 1.36 bits per heavy atom. The molecule has 0 bridgehead atoms. The number of carbonyl (C=O) groups excluding carboxylic acids is 2. The maximum absolute atomic E-state index is 13.0. The van der Waals surface area contributed by atoms with Crippen molar-refractivity contribution < 1.29 is 9.59 Å². The van der Waals surface area contributed by atoms with Crippen LogP contribution in [-0.4, -0.2) is 34.9 Å². The molecule has 0 unspecified atom stereocenters. The van der Waals surface area contributed by atoms with Crippen LogP contribution < -0.4 is 16.2 Å².